The minimum absolute atomic E-state index is 0.0430. The predicted octanol–water partition coefficient (Wildman–Crippen LogP) is 2.34. The van der Waals surface area contributed by atoms with Crippen molar-refractivity contribution in [3.8, 4) is 0 Å². The van der Waals surface area contributed by atoms with Gasteiger partial charge in [-0.25, -0.2) is 0 Å². The lowest BCUT2D eigenvalue weighted by Gasteiger charge is -2.33. The van der Waals surface area contributed by atoms with Gasteiger partial charge in [0.05, 0.1) is 12.1 Å². The van der Waals surface area contributed by atoms with Crippen LogP contribution < -0.4 is 0 Å². The molecule has 3 heterocycles. The summed E-state index contributed by atoms with van der Waals surface area (Å²) in [7, 11) is 0. The second-order valence-corrected chi connectivity index (χ2v) is 7.75. The van der Waals surface area contributed by atoms with Gasteiger partial charge in [0.25, 0.3) is 11.8 Å². The summed E-state index contributed by atoms with van der Waals surface area (Å²) in [6.07, 6.45) is -4.49. The van der Waals surface area contributed by atoms with Crippen LogP contribution in [0.15, 0.2) is 30.3 Å². The molecule has 1 saturated heterocycles. The van der Waals surface area contributed by atoms with E-state index < -0.39 is 17.6 Å². The van der Waals surface area contributed by atoms with Gasteiger partial charge in [-0.15, -0.1) is 0 Å². The number of halogens is 3. The maximum atomic E-state index is 13.3. The largest absolute Gasteiger partial charge is 0.416 e. The molecular formula is C21H24F3N5O2. The fourth-order valence-electron chi connectivity index (χ4n) is 4.06. The third kappa shape index (κ3) is 4.30. The molecule has 0 saturated carbocycles. The molecule has 2 aromatic rings. The Kier molecular flexibility index (Phi) is 5.74. The summed E-state index contributed by atoms with van der Waals surface area (Å²) in [4.78, 5) is 31.1. The highest BCUT2D eigenvalue weighted by atomic mass is 19.4. The number of piperazine rings is 1. The van der Waals surface area contributed by atoms with Gasteiger partial charge in [0.15, 0.2) is 5.69 Å². The maximum absolute atomic E-state index is 13.3. The van der Waals surface area contributed by atoms with Gasteiger partial charge in [-0.2, -0.15) is 18.3 Å². The van der Waals surface area contributed by atoms with Crippen molar-refractivity contribution in [2.45, 2.75) is 26.2 Å². The molecule has 1 aromatic carbocycles. The second kappa shape index (κ2) is 8.33. The molecule has 1 fully saturated rings. The smallest absolute Gasteiger partial charge is 0.335 e. The van der Waals surface area contributed by atoms with Crippen molar-refractivity contribution in [2.75, 3.05) is 39.3 Å². The van der Waals surface area contributed by atoms with E-state index in [1.807, 2.05) is 0 Å². The molecule has 2 aliphatic rings. The summed E-state index contributed by atoms with van der Waals surface area (Å²) in [5.41, 5.74) is -0.275. The fraction of sp³-hybridized carbons (Fsp3) is 0.476. The number of rotatable bonds is 4. The quantitative estimate of drug-likeness (QED) is 0.740. The molecular weight excluding hydrogens is 411 g/mol. The Morgan fingerprint density at radius 3 is 2.45 bits per heavy atom. The van der Waals surface area contributed by atoms with Crippen LogP contribution >= 0.6 is 0 Å². The highest BCUT2D eigenvalue weighted by Gasteiger charge is 2.35. The number of nitrogens with zero attached hydrogens (tertiary/aromatic N) is 5. The molecule has 0 bridgehead atoms. The number of alkyl halides is 3. The minimum Gasteiger partial charge on any atom is -0.335 e. The van der Waals surface area contributed by atoms with Crippen molar-refractivity contribution < 1.29 is 22.8 Å². The number of carbonyl (C=O) groups excluding carboxylic acids is 2. The van der Waals surface area contributed by atoms with Crippen LogP contribution in [0.25, 0.3) is 0 Å². The van der Waals surface area contributed by atoms with Gasteiger partial charge in [0.2, 0.25) is 0 Å². The first kappa shape index (κ1) is 21.4. The van der Waals surface area contributed by atoms with E-state index in [4.69, 9.17) is 0 Å². The van der Waals surface area contributed by atoms with Crippen LogP contribution in [0.5, 0.6) is 0 Å². The van der Waals surface area contributed by atoms with E-state index in [1.54, 1.807) is 4.90 Å². The van der Waals surface area contributed by atoms with Gasteiger partial charge in [-0.1, -0.05) is 25.1 Å². The number of amides is 2. The Morgan fingerprint density at radius 1 is 1.06 bits per heavy atom. The Labute approximate surface area is 178 Å². The molecule has 31 heavy (non-hydrogen) atoms. The van der Waals surface area contributed by atoms with E-state index >= 15 is 0 Å². The molecule has 0 atom stereocenters. The monoisotopic (exact) mass is 435 g/mol. The summed E-state index contributed by atoms with van der Waals surface area (Å²) in [6.45, 7) is 6.19. The predicted molar refractivity (Wildman–Crippen MR) is 106 cm³/mol. The zero-order chi connectivity index (χ0) is 22.2. The number of benzene rings is 1. The first-order valence-electron chi connectivity index (χ1n) is 10.3. The number of hydrogen-bond acceptors (Lipinski definition) is 4. The van der Waals surface area contributed by atoms with E-state index in [2.05, 4.69) is 16.9 Å². The van der Waals surface area contributed by atoms with Crippen LogP contribution in [0, 0.1) is 0 Å². The van der Waals surface area contributed by atoms with Crippen molar-refractivity contribution in [1.82, 2.24) is 24.5 Å². The highest BCUT2D eigenvalue weighted by molar-refractivity contribution is 5.98. The minimum atomic E-state index is -4.49. The lowest BCUT2D eigenvalue weighted by Crippen LogP contribution is -2.48. The lowest BCUT2D eigenvalue weighted by molar-refractivity contribution is -0.138. The standard InChI is InChI=1S/C21H24F3N5O2/c1-2-26-7-9-27(10-8-26)19(30)17-13-18-20(31)28(11-12-29(18)25-17)14-15-5-3-4-6-16(15)21(22,23)24/h3-6,13H,2,7-12,14H2,1H3. The van der Waals surface area contributed by atoms with Gasteiger partial charge in [-0.05, 0) is 18.2 Å². The zero-order valence-corrected chi connectivity index (χ0v) is 17.2. The van der Waals surface area contributed by atoms with E-state index in [-0.39, 0.29) is 35.9 Å². The molecule has 0 aliphatic carbocycles. The number of carbonyl (C=O) groups is 2. The topological polar surface area (TPSA) is 61.7 Å². The van der Waals surface area contributed by atoms with Crippen molar-refractivity contribution in [1.29, 1.82) is 0 Å². The van der Waals surface area contributed by atoms with Gasteiger partial charge < -0.3 is 14.7 Å². The highest BCUT2D eigenvalue weighted by Crippen LogP contribution is 2.32. The van der Waals surface area contributed by atoms with Gasteiger partial charge in [-0.3, -0.25) is 14.3 Å². The number of hydrogen-bond donors (Lipinski definition) is 0. The second-order valence-electron chi connectivity index (χ2n) is 7.75. The maximum Gasteiger partial charge on any atom is 0.416 e. The average molecular weight is 435 g/mol. The normalized spacial score (nSPS) is 17.7. The van der Waals surface area contributed by atoms with Crippen molar-refractivity contribution >= 4 is 11.8 Å². The molecule has 4 rings (SSSR count). The first-order chi connectivity index (χ1) is 14.8. The molecule has 2 aliphatic heterocycles. The zero-order valence-electron chi connectivity index (χ0n) is 17.2. The van der Waals surface area contributed by atoms with E-state index in [0.717, 1.165) is 25.7 Å². The lowest BCUT2D eigenvalue weighted by atomic mass is 10.1. The Bertz CT molecular complexity index is 980. The summed E-state index contributed by atoms with van der Waals surface area (Å²) < 4.78 is 41.4. The van der Waals surface area contributed by atoms with Crippen molar-refractivity contribution in [2.24, 2.45) is 0 Å². The van der Waals surface area contributed by atoms with Crippen molar-refractivity contribution in [3.05, 3.63) is 52.8 Å². The van der Waals surface area contributed by atoms with E-state index in [0.29, 0.717) is 19.6 Å². The van der Waals surface area contributed by atoms with Gasteiger partial charge >= 0.3 is 6.18 Å². The molecule has 7 nitrogen and oxygen atoms in total. The molecule has 2 amide bonds. The average Bonchev–Trinajstić information content (AvgIpc) is 3.20. The van der Waals surface area contributed by atoms with E-state index in [1.165, 1.54) is 33.8 Å². The molecule has 1 aromatic heterocycles. The number of aromatic nitrogens is 2. The van der Waals surface area contributed by atoms with Crippen LogP contribution in [0.4, 0.5) is 13.2 Å². The molecule has 0 unspecified atom stereocenters. The van der Waals surface area contributed by atoms with Crippen LogP contribution in [-0.4, -0.2) is 75.6 Å². The van der Waals surface area contributed by atoms with Gasteiger partial charge in [0.1, 0.15) is 5.69 Å². The third-order valence-electron chi connectivity index (χ3n) is 5.88. The van der Waals surface area contributed by atoms with E-state index in [9.17, 15) is 22.8 Å². The van der Waals surface area contributed by atoms with Crippen LogP contribution in [0.3, 0.4) is 0 Å². The van der Waals surface area contributed by atoms with Crippen LogP contribution in [0.1, 0.15) is 39.0 Å². The fourth-order valence-corrected chi connectivity index (χ4v) is 4.06. The number of likely N-dealkylation sites (N-methyl/N-ethyl adjacent to an activating group) is 1. The molecule has 0 spiro atoms. The molecule has 166 valence electrons. The SMILES string of the molecule is CCN1CCN(C(=O)c2cc3n(n2)CCN(Cc2ccccc2C(F)(F)F)C3=O)CC1. The van der Waals surface area contributed by atoms with Crippen molar-refractivity contribution in [3.63, 3.8) is 0 Å². The van der Waals surface area contributed by atoms with Crippen LogP contribution in [0.2, 0.25) is 0 Å². The Hall–Kier alpha value is -2.88. The summed E-state index contributed by atoms with van der Waals surface area (Å²) in [6, 6.07) is 6.71. The molecule has 0 radical (unpaired) electrons. The van der Waals surface area contributed by atoms with Gasteiger partial charge in [0, 0.05) is 45.3 Å². The first-order valence-corrected chi connectivity index (χ1v) is 10.3. The Morgan fingerprint density at radius 2 is 1.77 bits per heavy atom. The third-order valence-corrected chi connectivity index (χ3v) is 5.88. The van der Waals surface area contributed by atoms with Crippen LogP contribution in [-0.2, 0) is 19.3 Å². The summed E-state index contributed by atoms with van der Waals surface area (Å²) >= 11 is 0. The Balaban J connectivity index is 1.49. The number of fused-ring (bicyclic) bond motifs is 1. The summed E-state index contributed by atoms with van der Waals surface area (Å²) in [5, 5.41) is 4.30. The molecule has 0 N–H and O–H groups in total. The molecule has 10 heteroatoms. The summed E-state index contributed by atoms with van der Waals surface area (Å²) in [5.74, 6) is -0.648.